The van der Waals surface area contributed by atoms with E-state index in [1.54, 1.807) is 6.92 Å². The molecule has 13 heavy (non-hydrogen) atoms. The number of nitrogens with one attached hydrogen (secondary N) is 1. The first-order valence-corrected chi connectivity index (χ1v) is 5.31. The zero-order chi connectivity index (χ0) is 9.84. The van der Waals surface area contributed by atoms with Gasteiger partial charge in [0.15, 0.2) is 0 Å². The molecular formula is C9H9ClINO. The Hall–Kier alpha value is -0.290. The number of halogens is 2. The predicted octanol–water partition coefficient (Wildman–Crippen LogP) is 2.86. The SMILES string of the molecule is CC(Cl)C(=O)Nc1ccc(I)cc1. The first-order chi connectivity index (χ1) is 6.09. The summed E-state index contributed by atoms with van der Waals surface area (Å²) in [6.45, 7) is 1.64. The third-order valence-corrected chi connectivity index (χ3v) is 2.39. The molecule has 1 rings (SSSR count). The van der Waals surface area contributed by atoms with Gasteiger partial charge in [0, 0.05) is 9.26 Å². The maximum atomic E-state index is 11.2. The summed E-state index contributed by atoms with van der Waals surface area (Å²) >= 11 is 7.80. The van der Waals surface area contributed by atoms with Crippen LogP contribution in [0.1, 0.15) is 6.92 Å². The summed E-state index contributed by atoms with van der Waals surface area (Å²) in [7, 11) is 0. The molecule has 0 aliphatic rings. The number of carbonyl (C=O) groups is 1. The number of anilines is 1. The highest BCUT2D eigenvalue weighted by Crippen LogP contribution is 2.11. The van der Waals surface area contributed by atoms with Crippen LogP contribution in [-0.4, -0.2) is 11.3 Å². The van der Waals surface area contributed by atoms with Gasteiger partial charge in [0.2, 0.25) is 5.91 Å². The molecule has 0 aromatic heterocycles. The standard InChI is InChI=1S/C9H9ClINO/c1-6(10)9(13)12-8-4-2-7(11)3-5-8/h2-6H,1H3,(H,12,13). The average Bonchev–Trinajstić information content (AvgIpc) is 2.08. The van der Waals surface area contributed by atoms with E-state index in [0.717, 1.165) is 9.26 Å². The van der Waals surface area contributed by atoms with Gasteiger partial charge in [-0.3, -0.25) is 4.79 Å². The molecule has 1 aromatic rings. The summed E-state index contributed by atoms with van der Waals surface area (Å²) in [4.78, 5) is 11.2. The Kier molecular flexibility index (Phi) is 3.99. The number of hydrogen-bond acceptors (Lipinski definition) is 1. The molecule has 0 fully saturated rings. The van der Waals surface area contributed by atoms with Gasteiger partial charge in [-0.25, -0.2) is 0 Å². The summed E-state index contributed by atoms with van der Waals surface area (Å²) in [6.07, 6.45) is 0. The van der Waals surface area contributed by atoms with Crippen molar-refractivity contribution >= 4 is 45.8 Å². The minimum Gasteiger partial charge on any atom is -0.325 e. The van der Waals surface area contributed by atoms with Crippen LogP contribution in [0.25, 0.3) is 0 Å². The number of hydrogen-bond donors (Lipinski definition) is 1. The fourth-order valence-corrected chi connectivity index (χ4v) is 1.19. The van der Waals surface area contributed by atoms with Gasteiger partial charge in [-0.1, -0.05) is 0 Å². The van der Waals surface area contributed by atoms with Gasteiger partial charge in [0.25, 0.3) is 0 Å². The van der Waals surface area contributed by atoms with Crippen LogP contribution in [0.2, 0.25) is 0 Å². The summed E-state index contributed by atoms with van der Waals surface area (Å²) in [5.74, 6) is -0.178. The van der Waals surface area contributed by atoms with Crippen LogP contribution < -0.4 is 5.32 Å². The minimum absolute atomic E-state index is 0.178. The van der Waals surface area contributed by atoms with Crippen molar-refractivity contribution in [1.82, 2.24) is 0 Å². The quantitative estimate of drug-likeness (QED) is 0.660. The van der Waals surface area contributed by atoms with Crippen molar-refractivity contribution in [3.63, 3.8) is 0 Å². The molecule has 2 nitrogen and oxygen atoms in total. The van der Waals surface area contributed by atoms with E-state index in [1.165, 1.54) is 0 Å². The molecular weight excluding hydrogens is 300 g/mol. The fraction of sp³-hybridized carbons (Fsp3) is 0.222. The number of rotatable bonds is 2. The van der Waals surface area contributed by atoms with Crippen molar-refractivity contribution < 1.29 is 4.79 Å². The van der Waals surface area contributed by atoms with E-state index in [-0.39, 0.29) is 5.91 Å². The van der Waals surface area contributed by atoms with Crippen LogP contribution in [0, 0.1) is 3.57 Å². The molecule has 1 amide bonds. The highest BCUT2D eigenvalue weighted by Gasteiger charge is 2.08. The zero-order valence-corrected chi connectivity index (χ0v) is 9.96. The maximum absolute atomic E-state index is 11.2. The lowest BCUT2D eigenvalue weighted by Crippen LogP contribution is -2.20. The van der Waals surface area contributed by atoms with Crippen LogP contribution in [0.5, 0.6) is 0 Å². The Morgan fingerprint density at radius 1 is 1.46 bits per heavy atom. The average molecular weight is 310 g/mol. The van der Waals surface area contributed by atoms with Crippen LogP contribution in [0.4, 0.5) is 5.69 Å². The highest BCUT2D eigenvalue weighted by atomic mass is 127. The van der Waals surface area contributed by atoms with E-state index in [1.807, 2.05) is 24.3 Å². The van der Waals surface area contributed by atoms with Gasteiger partial charge >= 0.3 is 0 Å². The normalized spacial score (nSPS) is 12.2. The van der Waals surface area contributed by atoms with Crippen LogP contribution >= 0.6 is 34.2 Å². The van der Waals surface area contributed by atoms with Gasteiger partial charge in [0.05, 0.1) is 0 Å². The summed E-state index contributed by atoms with van der Waals surface area (Å²) < 4.78 is 1.13. The van der Waals surface area contributed by atoms with E-state index < -0.39 is 5.38 Å². The van der Waals surface area contributed by atoms with Crippen molar-refractivity contribution in [2.75, 3.05) is 5.32 Å². The first kappa shape index (κ1) is 10.8. The molecule has 0 bridgehead atoms. The van der Waals surface area contributed by atoms with Crippen LogP contribution in [0.15, 0.2) is 24.3 Å². The Balaban J connectivity index is 2.65. The third-order valence-electron chi connectivity index (χ3n) is 1.47. The molecule has 1 unspecified atom stereocenters. The molecule has 70 valence electrons. The molecule has 0 saturated heterocycles. The van der Waals surface area contributed by atoms with Gasteiger partial charge in [-0.05, 0) is 53.8 Å². The number of carbonyl (C=O) groups excluding carboxylic acids is 1. The van der Waals surface area contributed by atoms with Crippen molar-refractivity contribution in [1.29, 1.82) is 0 Å². The van der Waals surface area contributed by atoms with Crippen molar-refractivity contribution in [2.45, 2.75) is 12.3 Å². The van der Waals surface area contributed by atoms with Crippen LogP contribution in [0.3, 0.4) is 0 Å². The zero-order valence-electron chi connectivity index (χ0n) is 7.05. The summed E-state index contributed by atoms with van der Waals surface area (Å²) in [6, 6.07) is 7.54. The first-order valence-electron chi connectivity index (χ1n) is 3.80. The lowest BCUT2D eigenvalue weighted by Gasteiger charge is -2.05. The molecule has 1 atom stereocenters. The number of benzene rings is 1. The fourth-order valence-electron chi connectivity index (χ4n) is 0.775. The molecule has 0 heterocycles. The topological polar surface area (TPSA) is 29.1 Å². The van der Waals surface area contributed by atoms with Crippen molar-refractivity contribution in [2.24, 2.45) is 0 Å². The van der Waals surface area contributed by atoms with Gasteiger partial charge in [-0.15, -0.1) is 11.6 Å². The molecule has 1 aromatic carbocycles. The van der Waals surface area contributed by atoms with Gasteiger partial charge in [0.1, 0.15) is 5.38 Å². The van der Waals surface area contributed by atoms with E-state index >= 15 is 0 Å². The molecule has 0 aliphatic heterocycles. The van der Waals surface area contributed by atoms with Crippen LogP contribution in [-0.2, 0) is 4.79 Å². The largest absolute Gasteiger partial charge is 0.325 e. The summed E-state index contributed by atoms with van der Waals surface area (Å²) in [5.41, 5.74) is 0.776. The Labute approximate surface area is 95.8 Å². The Morgan fingerprint density at radius 3 is 2.46 bits per heavy atom. The predicted molar refractivity (Wildman–Crippen MR) is 63.1 cm³/mol. The monoisotopic (exact) mass is 309 g/mol. The summed E-state index contributed by atoms with van der Waals surface area (Å²) in [5, 5.41) is 2.19. The number of amides is 1. The smallest absolute Gasteiger partial charge is 0.242 e. The van der Waals surface area contributed by atoms with Crippen molar-refractivity contribution in [3.05, 3.63) is 27.8 Å². The van der Waals surface area contributed by atoms with E-state index in [9.17, 15) is 4.79 Å². The molecule has 4 heteroatoms. The molecule has 0 spiro atoms. The second-order valence-corrected chi connectivity index (χ2v) is 4.51. The molecule has 0 saturated carbocycles. The third kappa shape index (κ3) is 3.52. The van der Waals surface area contributed by atoms with Crippen molar-refractivity contribution in [3.8, 4) is 0 Å². The van der Waals surface area contributed by atoms with E-state index in [0.29, 0.717) is 0 Å². The molecule has 1 N–H and O–H groups in total. The molecule has 0 radical (unpaired) electrons. The Morgan fingerprint density at radius 2 is 2.00 bits per heavy atom. The number of alkyl halides is 1. The second kappa shape index (κ2) is 4.81. The second-order valence-electron chi connectivity index (χ2n) is 2.61. The molecule has 0 aliphatic carbocycles. The lowest BCUT2D eigenvalue weighted by atomic mass is 10.3. The van der Waals surface area contributed by atoms with Gasteiger partial charge in [-0.2, -0.15) is 0 Å². The maximum Gasteiger partial charge on any atom is 0.242 e. The highest BCUT2D eigenvalue weighted by molar-refractivity contribution is 14.1. The van der Waals surface area contributed by atoms with Gasteiger partial charge < -0.3 is 5.32 Å². The van der Waals surface area contributed by atoms with E-state index in [2.05, 4.69) is 27.9 Å². The minimum atomic E-state index is -0.501. The lowest BCUT2D eigenvalue weighted by molar-refractivity contribution is -0.115. The Bertz CT molecular complexity index is 297. The van der Waals surface area contributed by atoms with E-state index in [4.69, 9.17) is 11.6 Å².